The van der Waals surface area contributed by atoms with Gasteiger partial charge in [0.25, 0.3) is 0 Å². The third kappa shape index (κ3) is 5.59. The Balaban J connectivity index is 2.57. The van der Waals surface area contributed by atoms with Crippen LogP contribution in [0.2, 0.25) is 0 Å². The van der Waals surface area contributed by atoms with Crippen molar-refractivity contribution in [3.8, 4) is 0 Å². The molecule has 0 radical (unpaired) electrons. The third-order valence-corrected chi connectivity index (χ3v) is 4.15. The standard InChI is InChI=1S/C15H28N2OS/c1-11(2)16-8-14-7-15(18-13(14)4)9-17(5)12(3)10-19-6/h7,11-12,16H,8-10H2,1-6H3. The van der Waals surface area contributed by atoms with Gasteiger partial charge < -0.3 is 9.73 Å². The van der Waals surface area contributed by atoms with Gasteiger partial charge in [-0.15, -0.1) is 0 Å². The maximum atomic E-state index is 5.86. The fourth-order valence-corrected chi connectivity index (χ4v) is 2.66. The SMILES string of the molecule is CSCC(C)N(C)Cc1cc(CNC(C)C)c(C)o1. The molecule has 3 nitrogen and oxygen atoms in total. The minimum atomic E-state index is 0.502. The van der Waals surface area contributed by atoms with Gasteiger partial charge in [-0.2, -0.15) is 11.8 Å². The van der Waals surface area contributed by atoms with Crippen molar-refractivity contribution in [3.05, 3.63) is 23.2 Å². The zero-order chi connectivity index (χ0) is 14.4. The lowest BCUT2D eigenvalue weighted by molar-refractivity contribution is 0.245. The van der Waals surface area contributed by atoms with E-state index >= 15 is 0 Å². The molecular weight excluding hydrogens is 256 g/mol. The van der Waals surface area contributed by atoms with Crippen molar-refractivity contribution < 1.29 is 4.42 Å². The summed E-state index contributed by atoms with van der Waals surface area (Å²) in [6, 6.07) is 3.26. The van der Waals surface area contributed by atoms with Crippen LogP contribution < -0.4 is 5.32 Å². The first kappa shape index (κ1) is 16.6. The number of furan rings is 1. The van der Waals surface area contributed by atoms with Crippen molar-refractivity contribution in [2.24, 2.45) is 0 Å². The lowest BCUT2D eigenvalue weighted by Gasteiger charge is -2.22. The topological polar surface area (TPSA) is 28.4 Å². The monoisotopic (exact) mass is 284 g/mol. The molecule has 1 aromatic heterocycles. The van der Waals surface area contributed by atoms with Gasteiger partial charge in [0, 0.05) is 29.9 Å². The summed E-state index contributed by atoms with van der Waals surface area (Å²) in [4.78, 5) is 2.34. The molecule has 0 fully saturated rings. The van der Waals surface area contributed by atoms with Gasteiger partial charge in [-0.05, 0) is 33.2 Å². The Bertz CT molecular complexity index is 376. The second-order valence-electron chi connectivity index (χ2n) is 5.55. The Kier molecular flexibility index (Phi) is 6.97. The summed E-state index contributed by atoms with van der Waals surface area (Å²) in [5.74, 6) is 3.25. The normalized spacial score (nSPS) is 13.5. The number of hydrogen-bond acceptors (Lipinski definition) is 4. The van der Waals surface area contributed by atoms with E-state index in [4.69, 9.17) is 4.42 Å². The quantitative estimate of drug-likeness (QED) is 0.793. The molecule has 0 aliphatic rings. The first-order valence-corrected chi connectivity index (χ1v) is 8.34. The van der Waals surface area contributed by atoms with Crippen molar-refractivity contribution in [3.63, 3.8) is 0 Å². The van der Waals surface area contributed by atoms with Gasteiger partial charge in [0.1, 0.15) is 11.5 Å². The highest BCUT2D eigenvalue weighted by atomic mass is 32.2. The zero-order valence-corrected chi connectivity index (χ0v) is 13.9. The van der Waals surface area contributed by atoms with Gasteiger partial charge >= 0.3 is 0 Å². The summed E-state index contributed by atoms with van der Waals surface area (Å²) in [5.41, 5.74) is 1.27. The van der Waals surface area contributed by atoms with Gasteiger partial charge in [-0.3, -0.25) is 4.90 Å². The first-order valence-electron chi connectivity index (χ1n) is 6.94. The van der Waals surface area contributed by atoms with Crippen LogP contribution in [-0.4, -0.2) is 36.0 Å². The lowest BCUT2D eigenvalue weighted by Crippen LogP contribution is -2.30. The number of aryl methyl sites for hydroxylation is 1. The summed E-state index contributed by atoms with van der Waals surface area (Å²) >= 11 is 1.89. The van der Waals surface area contributed by atoms with E-state index in [9.17, 15) is 0 Å². The Morgan fingerprint density at radius 2 is 2.05 bits per heavy atom. The molecule has 1 unspecified atom stereocenters. The molecule has 1 atom stereocenters. The van der Waals surface area contributed by atoms with Crippen LogP contribution in [0.4, 0.5) is 0 Å². The third-order valence-electron chi connectivity index (χ3n) is 3.34. The molecule has 0 aliphatic carbocycles. The van der Waals surface area contributed by atoms with E-state index in [-0.39, 0.29) is 0 Å². The number of hydrogen-bond donors (Lipinski definition) is 1. The van der Waals surface area contributed by atoms with Crippen molar-refractivity contribution in [1.29, 1.82) is 0 Å². The van der Waals surface area contributed by atoms with Crippen LogP contribution in [0.3, 0.4) is 0 Å². The molecule has 4 heteroatoms. The predicted molar refractivity (Wildman–Crippen MR) is 84.7 cm³/mol. The Hall–Kier alpha value is -0.450. The molecule has 0 spiro atoms. The summed E-state index contributed by atoms with van der Waals surface area (Å²) in [5, 5.41) is 3.44. The average molecular weight is 284 g/mol. The van der Waals surface area contributed by atoms with Gasteiger partial charge in [0.05, 0.1) is 6.54 Å². The molecule has 0 bridgehead atoms. The van der Waals surface area contributed by atoms with E-state index in [2.05, 4.69) is 50.4 Å². The zero-order valence-electron chi connectivity index (χ0n) is 13.1. The summed E-state index contributed by atoms with van der Waals surface area (Å²) in [6.07, 6.45) is 2.15. The Morgan fingerprint density at radius 1 is 1.37 bits per heavy atom. The van der Waals surface area contributed by atoms with Crippen LogP contribution in [0.25, 0.3) is 0 Å². The van der Waals surface area contributed by atoms with Crippen molar-refractivity contribution in [2.45, 2.75) is 52.9 Å². The predicted octanol–water partition coefficient (Wildman–Crippen LogP) is 3.27. The van der Waals surface area contributed by atoms with Crippen molar-refractivity contribution in [2.75, 3.05) is 19.1 Å². The van der Waals surface area contributed by atoms with Crippen LogP contribution in [0.5, 0.6) is 0 Å². The van der Waals surface area contributed by atoms with Gasteiger partial charge in [-0.25, -0.2) is 0 Å². The molecule has 1 N–H and O–H groups in total. The van der Waals surface area contributed by atoms with Crippen LogP contribution >= 0.6 is 11.8 Å². The van der Waals surface area contributed by atoms with Crippen LogP contribution in [0.1, 0.15) is 37.9 Å². The Labute approximate surface area is 122 Å². The summed E-state index contributed by atoms with van der Waals surface area (Å²) in [7, 11) is 2.16. The summed E-state index contributed by atoms with van der Waals surface area (Å²) < 4.78 is 5.86. The molecule has 0 amide bonds. The van der Waals surface area contributed by atoms with E-state index in [1.165, 1.54) is 5.56 Å². The smallest absolute Gasteiger partial charge is 0.118 e. The molecule has 0 aliphatic heterocycles. The molecular formula is C15H28N2OS. The first-order chi connectivity index (χ1) is 8.93. The molecule has 19 heavy (non-hydrogen) atoms. The number of thioether (sulfide) groups is 1. The van der Waals surface area contributed by atoms with E-state index in [1.807, 2.05) is 18.7 Å². The second-order valence-corrected chi connectivity index (χ2v) is 6.46. The van der Waals surface area contributed by atoms with Crippen LogP contribution in [-0.2, 0) is 13.1 Å². The molecule has 1 rings (SSSR count). The molecule has 0 saturated heterocycles. The highest BCUT2D eigenvalue weighted by molar-refractivity contribution is 7.98. The maximum Gasteiger partial charge on any atom is 0.118 e. The van der Waals surface area contributed by atoms with Gasteiger partial charge in [0.15, 0.2) is 0 Å². The average Bonchev–Trinajstić information content (AvgIpc) is 2.67. The van der Waals surface area contributed by atoms with E-state index in [0.717, 1.165) is 30.4 Å². The molecule has 0 saturated carbocycles. The van der Waals surface area contributed by atoms with Crippen molar-refractivity contribution in [1.82, 2.24) is 10.2 Å². The van der Waals surface area contributed by atoms with Crippen molar-refractivity contribution >= 4 is 11.8 Å². The van der Waals surface area contributed by atoms with Crippen LogP contribution in [0.15, 0.2) is 10.5 Å². The van der Waals surface area contributed by atoms with Crippen LogP contribution in [0, 0.1) is 6.92 Å². The number of rotatable bonds is 8. The highest BCUT2D eigenvalue weighted by Crippen LogP contribution is 2.17. The fourth-order valence-electron chi connectivity index (χ4n) is 1.93. The molecule has 1 heterocycles. The molecule has 110 valence electrons. The minimum Gasteiger partial charge on any atom is -0.465 e. The summed E-state index contributed by atoms with van der Waals surface area (Å²) in [6.45, 7) is 10.4. The van der Waals surface area contributed by atoms with E-state index in [1.54, 1.807) is 0 Å². The molecule has 0 aromatic carbocycles. The second kappa shape index (κ2) is 7.98. The largest absolute Gasteiger partial charge is 0.465 e. The maximum absolute atomic E-state index is 5.86. The van der Waals surface area contributed by atoms with E-state index in [0.29, 0.717) is 12.1 Å². The molecule has 1 aromatic rings. The van der Waals surface area contributed by atoms with Gasteiger partial charge in [0.2, 0.25) is 0 Å². The highest BCUT2D eigenvalue weighted by Gasteiger charge is 2.13. The lowest BCUT2D eigenvalue weighted by atomic mass is 10.2. The number of nitrogens with zero attached hydrogens (tertiary/aromatic N) is 1. The number of nitrogens with one attached hydrogen (secondary N) is 1. The minimum absolute atomic E-state index is 0.502. The fraction of sp³-hybridized carbons (Fsp3) is 0.733. The van der Waals surface area contributed by atoms with E-state index < -0.39 is 0 Å². The van der Waals surface area contributed by atoms with Gasteiger partial charge in [-0.1, -0.05) is 13.8 Å². The Morgan fingerprint density at radius 3 is 2.63 bits per heavy atom.